The number of carboxylic acid groups (broad SMARTS) is 1. The molecule has 0 saturated carbocycles. The van der Waals surface area contributed by atoms with E-state index in [1.54, 1.807) is 0 Å². The Morgan fingerprint density at radius 3 is 1.21 bits per heavy atom. The third-order valence-electron chi connectivity index (χ3n) is 7.64. The number of hydrogen-bond acceptors (Lipinski definition) is 5. The number of carbonyl (C=O) groups is 3. The van der Waals surface area contributed by atoms with E-state index in [-0.39, 0.29) is 25.2 Å². The van der Waals surface area contributed by atoms with Gasteiger partial charge in [0.05, 0.1) is 19.1 Å². The summed E-state index contributed by atoms with van der Waals surface area (Å²) in [5.41, 5.74) is 0. The average molecular weight is 555 g/mol. The molecule has 0 heterocycles. The fourth-order valence-corrected chi connectivity index (χ4v) is 4.98. The number of unbranched alkanes of at least 4 members (excludes halogenated alkanes) is 17. The van der Waals surface area contributed by atoms with E-state index >= 15 is 0 Å². The molecule has 0 aromatic heterocycles. The Bertz CT molecular complexity index is 557. The topological polar surface area (TPSA) is 89.9 Å². The van der Waals surface area contributed by atoms with Gasteiger partial charge in [0.1, 0.15) is 0 Å². The van der Waals surface area contributed by atoms with Crippen molar-refractivity contribution in [3.05, 3.63) is 0 Å². The monoisotopic (exact) mass is 554 g/mol. The van der Waals surface area contributed by atoms with Gasteiger partial charge < -0.3 is 14.6 Å². The van der Waals surface area contributed by atoms with E-state index in [0.29, 0.717) is 19.3 Å². The van der Waals surface area contributed by atoms with Gasteiger partial charge >= 0.3 is 17.9 Å². The van der Waals surface area contributed by atoms with Crippen LogP contribution in [-0.2, 0) is 23.9 Å². The normalized spacial score (nSPS) is 12.0. The standard InChI is InChI=1S/C33H62O6/c1-4-7-10-13-16-19-22-25-31(34)38-27-29(30(33(36)37)24-21-18-15-12-9-6-3)28-39-32(35)26-23-20-17-14-11-8-5-2/h29-30H,4-28H2,1-3H3,(H,36,37). The summed E-state index contributed by atoms with van der Waals surface area (Å²) in [5, 5.41) is 9.96. The van der Waals surface area contributed by atoms with Crippen molar-refractivity contribution in [3.63, 3.8) is 0 Å². The summed E-state index contributed by atoms with van der Waals surface area (Å²) >= 11 is 0. The summed E-state index contributed by atoms with van der Waals surface area (Å²) in [7, 11) is 0. The number of hydrogen-bond donors (Lipinski definition) is 1. The molecular formula is C33H62O6. The molecule has 0 aliphatic carbocycles. The van der Waals surface area contributed by atoms with Gasteiger partial charge in [-0.15, -0.1) is 0 Å². The minimum absolute atomic E-state index is 0.00710. The number of carboxylic acids is 1. The van der Waals surface area contributed by atoms with Crippen LogP contribution in [0.25, 0.3) is 0 Å². The first kappa shape index (κ1) is 37.4. The maximum absolute atomic E-state index is 12.4. The number of rotatable bonds is 29. The van der Waals surface area contributed by atoms with Gasteiger partial charge in [0.25, 0.3) is 0 Å². The first-order chi connectivity index (χ1) is 19.0. The largest absolute Gasteiger partial charge is 0.481 e. The van der Waals surface area contributed by atoms with E-state index in [2.05, 4.69) is 20.8 Å². The molecule has 0 saturated heterocycles. The SMILES string of the molecule is CCCCCCCCCC(=O)OCC(COC(=O)CCCCCCCCC)C(CCCCCCCC)C(=O)O. The van der Waals surface area contributed by atoms with E-state index in [0.717, 1.165) is 57.8 Å². The molecule has 6 heteroatoms. The lowest BCUT2D eigenvalue weighted by Gasteiger charge is -2.24. The van der Waals surface area contributed by atoms with Crippen LogP contribution < -0.4 is 0 Å². The molecule has 0 amide bonds. The van der Waals surface area contributed by atoms with Gasteiger partial charge in [-0.05, 0) is 19.3 Å². The zero-order chi connectivity index (χ0) is 29.0. The maximum Gasteiger partial charge on any atom is 0.307 e. The molecule has 39 heavy (non-hydrogen) atoms. The van der Waals surface area contributed by atoms with Gasteiger partial charge in [-0.2, -0.15) is 0 Å². The van der Waals surface area contributed by atoms with Gasteiger partial charge in [0, 0.05) is 18.8 Å². The van der Waals surface area contributed by atoms with E-state index in [9.17, 15) is 19.5 Å². The van der Waals surface area contributed by atoms with Gasteiger partial charge in [-0.1, -0.05) is 136 Å². The number of carbonyl (C=O) groups excluding carboxylic acids is 2. The molecular weight excluding hydrogens is 492 g/mol. The number of aliphatic carboxylic acids is 1. The molecule has 0 bridgehead atoms. The van der Waals surface area contributed by atoms with Crippen LogP contribution in [0.3, 0.4) is 0 Å². The second-order valence-electron chi connectivity index (χ2n) is 11.4. The summed E-state index contributed by atoms with van der Waals surface area (Å²) in [4.78, 5) is 36.9. The van der Waals surface area contributed by atoms with Crippen LogP contribution in [0.15, 0.2) is 0 Å². The molecule has 230 valence electrons. The highest BCUT2D eigenvalue weighted by atomic mass is 16.5. The second-order valence-corrected chi connectivity index (χ2v) is 11.4. The third kappa shape index (κ3) is 24.0. The highest BCUT2D eigenvalue weighted by molar-refractivity contribution is 5.72. The lowest BCUT2D eigenvalue weighted by molar-refractivity contribution is -0.157. The summed E-state index contributed by atoms with van der Waals surface area (Å²) in [6.07, 6.45) is 23.4. The molecule has 1 unspecified atom stereocenters. The smallest absolute Gasteiger partial charge is 0.307 e. The van der Waals surface area contributed by atoms with Crippen molar-refractivity contribution < 1.29 is 29.0 Å². The molecule has 0 aliphatic rings. The highest BCUT2D eigenvalue weighted by Gasteiger charge is 2.30. The van der Waals surface area contributed by atoms with Crippen molar-refractivity contribution in [3.8, 4) is 0 Å². The molecule has 6 nitrogen and oxygen atoms in total. The van der Waals surface area contributed by atoms with Crippen LogP contribution in [0.2, 0.25) is 0 Å². The van der Waals surface area contributed by atoms with Gasteiger partial charge in [0.15, 0.2) is 0 Å². The zero-order valence-corrected chi connectivity index (χ0v) is 25.8. The Labute approximate surface area is 240 Å². The van der Waals surface area contributed by atoms with Crippen molar-refractivity contribution in [1.29, 1.82) is 0 Å². The Kier molecular flexibility index (Phi) is 26.8. The Balaban J connectivity index is 4.67. The molecule has 0 aromatic rings. The Hall–Kier alpha value is -1.59. The third-order valence-corrected chi connectivity index (χ3v) is 7.64. The molecule has 0 spiro atoms. The van der Waals surface area contributed by atoms with E-state index in [1.165, 1.54) is 70.6 Å². The minimum atomic E-state index is -0.903. The summed E-state index contributed by atoms with van der Waals surface area (Å²) in [5.74, 6) is -2.68. The Morgan fingerprint density at radius 1 is 0.513 bits per heavy atom. The second kappa shape index (κ2) is 28.0. The Morgan fingerprint density at radius 2 is 0.846 bits per heavy atom. The van der Waals surface area contributed by atoms with Gasteiger partial charge in [-0.3, -0.25) is 14.4 Å². The fraction of sp³-hybridized carbons (Fsp3) is 0.909. The molecule has 0 fully saturated rings. The van der Waals surface area contributed by atoms with E-state index in [4.69, 9.17) is 9.47 Å². The minimum Gasteiger partial charge on any atom is -0.481 e. The van der Waals surface area contributed by atoms with Crippen molar-refractivity contribution in [2.24, 2.45) is 11.8 Å². The van der Waals surface area contributed by atoms with Crippen LogP contribution in [0.4, 0.5) is 0 Å². The van der Waals surface area contributed by atoms with Crippen LogP contribution in [0, 0.1) is 11.8 Å². The molecule has 0 aromatic carbocycles. The molecule has 1 atom stereocenters. The summed E-state index contributed by atoms with van der Waals surface area (Å²) < 4.78 is 11.0. The van der Waals surface area contributed by atoms with Crippen LogP contribution >= 0.6 is 0 Å². The van der Waals surface area contributed by atoms with E-state index in [1.807, 2.05) is 0 Å². The van der Waals surface area contributed by atoms with Crippen molar-refractivity contribution in [2.45, 2.75) is 168 Å². The molecule has 0 rings (SSSR count). The lowest BCUT2D eigenvalue weighted by Crippen LogP contribution is -2.32. The summed E-state index contributed by atoms with van der Waals surface area (Å²) in [6, 6.07) is 0. The quantitative estimate of drug-likeness (QED) is 0.0731. The van der Waals surface area contributed by atoms with Gasteiger partial charge in [-0.25, -0.2) is 0 Å². The molecule has 0 aliphatic heterocycles. The summed E-state index contributed by atoms with van der Waals surface area (Å²) in [6.45, 7) is 6.56. The first-order valence-corrected chi connectivity index (χ1v) is 16.5. The highest BCUT2D eigenvalue weighted by Crippen LogP contribution is 2.23. The van der Waals surface area contributed by atoms with Crippen molar-refractivity contribution in [2.75, 3.05) is 13.2 Å². The van der Waals surface area contributed by atoms with E-state index < -0.39 is 17.8 Å². The van der Waals surface area contributed by atoms with Crippen molar-refractivity contribution >= 4 is 17.9 Å². The predicted octanol–water partition coefficient (Wildman–Crippen LogP) is 9.42. The lowest BCUT2D eigenvalue weighted by atomic mass is 9.88. The van der Waals surface area contributed by atoms with Gasteiger partial charge in [0.2, 0.25) is 0 Å². The van der Waals surface area contributed by atoms with Crippen LogP contribution in [0.5, 0.6) is 0 Å². The van der Waals surface area contributed by atoms with Crippen LogP contribution in [0.1, 0.15) is 168 Å². The first-order valence-electron chi connectivity index (χ1n) is 16.5. The maximum atomic E-state index is 12.4. The number of ether oxygens (including phenoxy) is 2. The predicted molar refractivity (Wildman–Crippen MR) is 160 cm³/mol. The number of esters is 2. The molecule has 0 radical (unpaired) electrons. The van der Waals surface area contributed by atoms with Crippen molar-refractivity contribution in [1.82, 2.24) is 0 Å². The molecule has 1 N–H and O–H groups in total. The average Bonchev–Trinajstić information content (AvgIpc) is 2.92. The fourth-order valence-electron chi connectivity index (χ4n) is 4.98. The van der Waals surface area contributed by atoms with Crippen LogP contribution in [-0.4, -0.2) is 36.2 Å². The zero-order valence-electron chi connectivity index (χ0n) is 25.8.